The fraction of sp³-hybridized carbons (Fsp3) is 0.600. The summed E-state index contributed by atoms with van der Waals surface area (Å²) >= 11 is 6.12. The van der Waals surface area contributed by atoms with Crippen molar-refractivity contribution in [2.45, 2.75) is 26.3 Å². The number of piperidine rings is 1. The number of nitrogens with one attached hydrogen (secondary N) is 1. The van der Waals surface area contributed by atoms with E-state index < -0.39 is 0 Å². The molecule has 1 aliphatic rings. The normalized spacial score (nSPS) is 16.9. The van der Waals surface area contributed by atoms with Gasteiger partial charge >= 0.3 is 0 Å². The topological polar surface area (TPSA) is 50.2 Å². The van der Waals surface area contributed by atoms with E-state index in [0.717, 1.165) is 26.2 Å². The average Bonchev–Trinajstić information content (AvgIpc) is 2.52. The Kier molecular flexibility index (Phi) is 5.82. The fourth-order valence-corrected chi connectivity index (χ4v) is 2.81. The Morgan fingerprint density at radius 2 is 2.24 bits per heavy atom. The minimum atomic E-state index is -0.276. The molecule has 0 unspecified atom stereocenters. The number of nitrogens with zero attached hydrogens (tertiary/aromatic N) is 3. The Bertz CT molecular complexity index is 535. The van der Waals surface area contributed by atoms with Crippen LogP contribution in [0.1, 0.15) is 19.8 Å². The van der Waals surface area contributed by atoms with E-state index in [9.17, 15) is 4.79 Å². The van der Waals surface area contributed by atoms with E-state index in [1.165, 1.54) is 17.5 Å². The van der Waals surface area contributed by atoms with E-state index in [0.29, 0.717) is 18.2 Å². The highest BCUT2D eigenvalue weighted by atomic mass is 35.5. The summed E-state index contributed by atoms with van der Waals surface area (Å²) in [5, 5.41) is 7.58. The van der Waals surface area contributed by atoms with Crippen LogP contribution in [-0.2, 0) is 6.54 Å². The maximum absolute atomic E-state index is 12.0. The van der Waals surface area contributed by atoms with Crippen LogP contribution in [-0.4, -0.2) is 40.9 Å². The highest BCUT2D eigenvalue weighted by Crippen LogP contribution is 2.20. The standard InChI is InChI=1S/C15H23ClN4O/c1-3-7-20-15(21)14(16)13(11-18-20)17-10-12-5-8-19(4-2)9-6-12/h3,11-12,17H,1,4-10H2,2H3. The predicted octanol–water partition coefficient (Wildman–Crippen LogP) is 2.23. The third-order valence-electron chi connectivity index (χ3n) is 4.02. The summed E-state index contributed by atoms with van der Waals surface area (Å²) in [6.45, 7) is 10.4. The first-order valence-corrected chi connectivity index (χ1v) is 7.86. The van der Waals surface area contributed by atoms with E-state index in [4.69, 9.17) is 11.6 Å². The van der Waals surface area contributed by atoms with Crippen molar-refractivity contribution in [1.82, 2.24) is 14.7 Å². The molecule has 1 aliphatic heterocycles. The number of halogens is 1. The molecule has 1 aromatic rings. The van der Waals surface area contributed by atoms with E-state index >= 15 is 0 Å². The largest absolute Gasteiger partial charge is 0.382 e. The first-order valence-electron chi connectivity index (χ1n) is 7.48. The van der Waals surface area contributed by atoms with Crippen molar-refractivity contribution >= 4 is 17.3 Å². The number of aromatic nitrogens is 2. The lowest BCUT2D eigenvalue weighted by atomic mass is 9.97. The lowest BCUT2D eigenvalue weighted by Gasteiger charge is -2.31. The Morgan fingerprint density at radius 3 is 2.86 bits per heavy atom. The summed E-state index contributed by atoms with van der Waals surface area (Å²) in [4.78, 5) is 14.4. The monoisotopic (exact) mass is 310 g/mol. The molecule has 0 saturated carbocycles. The molecular weight excluding hydrogens is 288 g/mol. The molecule has 6 heteroatoms. The first-order chi connectivity index (χ1) is 10.2. The highest BCUT2D eigenvalue weighted by Gasteiger charge is 2.18. The zero-order valence-corrected chi connectivity index (χ0v) is 13.3. The molecule has 1 fully saturated rings. The number of anilines is 1. The van der Waals surface area contributed by atoms with Crippen LogP contribution in [0.2, 0.25) is 5.02 Å². The lowest BCUT2D eigenvalue weighted by molar-refractivity contribution is 0.198. The molecule has 0 spiro atoms. The molecule has 1 N–H and O–H groups in total. The van der Waals surface area contributed by atoms with Gasteiger partial charge in [0.05, 0.1) is 18.4 Å². The molecule has 1 saturated heterocycles. The second kappa shape index (κ2) is 7.61. The minimum Gasteiger partial charge on any atom is -0.382 e. The highest BCUT2D eigenvalue weighted by molar-refractivity contribution is 6.32. The van der Waals surface area contributed by atoms with Gasteiger partial charge < -0.3 is 10.2 Å². The van der Waals surface area contributed by atoms with Crippen molar-refractivity contribution in [3.05, 3.63) is 34.2 Å². The number of hydrogen-bond acceptors (Lipinski definition) is 4. The molecule has 0 atom stereocenters. The molecule has 0 aliphatic carbocycles. The Labute approximate surface area is 130 Å². The van der Waals surface area contributed by atoms with Crippen LogP contribution >= 0.6 is 11.6 Å². The van der Waals surface area contributed by atoms with Crippen molar-refractivity contribution in [1.29, 1.82) is 0 Å². The average molecular weight is 311 g/mol. The minimum absolute atomic E-state index is 0.206. The van der Waals surface area contributed by atoms with Gasteiger partial charge in [-0.1, -0.05) is 24.6 Å². The van der Waals surface area contributed by atoms with Crippen LogP contribution in [0.25, 0.3) is 0 Å². The molecule has 116 valence electrons. The van der Waals surface area contributed by atoms with Crippen molar-refractivity contribution in [2.24, 2.45) is 5.92 Å². The van der Waals surface area contributed by atoms with E-state index in [-0.39, 0.29) is 10.6 Å². The van der Waals surface area contributed by atoms with Gasteiger partial charge in [-0.05, 0) is 38.4 Å². The third-order valence-corrected chi connectivity index (χ3v) is 4.39. The molecule has 0 bridgehead atoms. The molecule has 0 aromatic carbocycles. The maximum Gasteiger partial charge on any atom is 0.287 e. The van der Waals surface area contributed by atoms with Crippen molar-refractivity contribution in [3.8, 4) is 0 Å². The summed E-state index contributed by atoms with van der Waals surface area (Å²) in [6, 6.07) is 0. The Hall–Kier alpha value is -1.33. The van der Waals surface area contributed by atoms with Gasteiger partial charge in [0.15, 0.2) is 0 Å². The Morgan fingerprint density at radius 1 is 1.52 bits per heavy atom. The summed E-state index contributed by atoms with van der Waals surface area (Å²) in [7, 11) is 0. The first kappa shape index (κ1) is 16.0. The van der Waals surface area contributed by atoms with Gasteiger partial charge in [-0.25, -0.2) is 4.68 Å². The molecule has 0 amide bonds. The molecule has 2 rings (SSSR count). The molecular formula is C15H23ClN4O. The van der Waals surface area contributed by atoms with Crippen molar-refractivity contribution in [3.63, 3.8) is 0 Å². The Balaban J connectivity index is 1.93. The van der Waals surface area contributed by atoms with Gasteiger partial charge in [0, 0.05) is 6.54 Å². The van der Waals surface area contributed by atoms with Crippen LogP contribution in [0.3, 0.4) is 0 Å². The van der Waals surface area contributed by atoms with Crippen LogP contribution < -0.4 is 10.9 Å². The zero-order valence-electron chi connectivity index (χ0n) is 12.5. The molecule has 21 heavy (non-hydrogen) atoms. The third kappa shape index (κ3) is 4.08. The molecule has 2 heterocycles. The molecule has 0 radical (unpaired) electrons. The van der Waals surface area contributed by atoms with Crippen LogP contribution in [0.15, 0.2) is 23.6 Å². The fourth-order valence-electron chi connectivity index (χ4n) is 2.60. The van der Waals surface area contributed by atoms with Gasteiger partial charge in [0.25, 0.3) is 5.56 Å². The number of rotatable bonds is 6. The van der Waals surface area contributed by atoms with Crippen LogP contribution in [0.4, 0.5) is 5.69 Å². The molecule has 5 nitrogen and oxygen atoms in total. The van der Waals surface area contributed by atoms with E-state index in [1.54, 1.807) is 12.3 Å². The summed E-state index contributed by atoms with van der Waals surface area (Å²) in [6.07, 6.45) is 5.60. The van der Waals surface area contributed by atoms with Crippen molar-refractivity contribution in [2.75, 3.05) is 31.5 Å². The van der Waals surface area contributed by atoms with Gasteiger partial charge in [0.2, 0.25) is 0 Å². The van der Waals surface area contributed by atoms with E-state index in [1.807, 2.05) is 0 Å². The summed E-state index contributed by atoms with van der Waals surface area (Å²) in [5.41, 5.74) is 0.349. The van der Waals surface area contributed by atoms with Gasteiger partial charge in [-0.3, -0.25) is 4.79 Å². The second-order valence-electron chi connectivity index (χ2n) is 5.41. The molecule has 1 aromatic heterocycles. The van der Waals surface area contributed by atoms with Gasteiger partial charge in [-0.2, -0.15) is 5.10 Å². The smallest absolute Gasteiger partial charge is 0.287 e. The number of hydrogen-bond donors (Lipinski definition) is 1. The lowest BCUT2D eigenvalue weighted by Crippen LogP contribution is -2.35. The second-order valence-corrected chi connectivity index (χ2v) is 5.78. The number of likely N-dealkylation sites (tertiary alicyclic amines) is 1. The quantitative estimate of drug-likeness (QED) is 0.819. The van der Waals surface area contributed by atoms with Gasteiger partial charge in [-0.15, -0.1) is 6.58 Å². The van der Waals surface area contributed by atoms with Crippen LogP contribution in [0.5, 0.6) is 0 Å². The van der Waals surface area contributed by atoms with Crippen LogP contribution in [0, 0.1) is 5.92 Å². The predicted molar refractivity (Wildman–Crippen MR) is 87.0 cm³/mol. The maximum atomic E-state index is 12.0. The number of allylic oxidation sites excluding steroid dienone is 1. The zero-order chi connectivity index (χ0) is 15.2. The van der Waals surface area contributed by atoms with Gasteiger partial charge in [0.1, 0.15) is 5.02 Å². The summed E-state index contributed by atoms with van der Waals surface area (Å²) in [5.74, 6) is 0.625. The van der Waals surface area contributed by atoms with Crippen molar-refractivity contribution < 1.29 is 0 Å². The summed E-state index contributed by atoms with van der Waals surface area (Å²) < 4.78 is 1.31. The SMILES string of the molecule is C=CCn1ncc(NCC2CCN(CC)CC2)c(Cl)c1=O. The van der Waals surface area contributed by atoms with E-state index in [2.05, 4.69) is 28.8 Å².